The van der Waals surface area contributed by atoms with Crippen molar-refractivity contribution >= 4 is 0 Å². The number of H-pyrrole nitrogens is 1. The number of likely N-dealkylation sites (tertiary alicyclic amines) is 1. The van der Waals surface area contributed by atoms with Gasteiger partial charge in [-0.25, -0.2) is 4.98 Å². The molecule has 3 rings (SSSR count). The molecule has 1 aliphatic heterocycles. The molecule has 1 aromatic heterocycles. The van der Waals surface area contributed by atoms with Crippen LogP contribution in [-0.2, 0) is 19.4 Å². The van der Waals surface area contributed by atoms with Gasteiger partial charge in [-0.1, -0.05) is 37.3 Å². The molecule has 0 amide bonds. The van der Waals surface area contributed by atoms with Crippen molar-refractivity contribution in [1.82, 2.24) is 14.9 Å². The van der Waals surface area contributed by atoms with Crippen LogP contribution >= 0.6 is 0 Å². The van der Waals surface area contributed by atoms with Crippen molar-refractivity contribution in [2.75, 3.05) is 19.7 Å². The van der Waals surface area contributed by atoms with Crippen molar-refractivity contribution in [3.63, 3.8) is 0 Å². The number of aliphatic hydroxyl groups excluding tert-OH is 2. The summed E-state index contributed by atoms with van der Waals surface area (Å²) in [4.78, 5) is 10.3. The van der Waals surface area contributed by atoms with E-state index in [1.165, 1.54) is 0 Å². The van der Waals surface area contributed by atoms with Gasteiger partial charge in [0, 0.05) is 37.2 Å². The van der Waals surface area contributed by atoms with Crippen molar-refractivity contribution in [2.24, 2.45) is 5.41 Å². The highest BCUT2D eigenvalue weighted by Gasteiger charge is 2.42. The van der Waals surface area contributed by atoms with E-state index in [2.05, 4.69) is 40.8 Å². The summed E-state index contributed by atoms with van der Waals surface area (Å²) in [5.41, 5.74) is 2.82. The molecule has 25 heavy (non-hydrogen) atoms. The van der Waals surface area contributed by atoms with Crippen LogP contribution < -0.4 is 0 Å². The van der Waals surface area contributed by atoms with Gasteiger partial charge in [0.2, 0.25) is 0 Å². The van der Waals surface area contributed by atoms with Gasteiger partial charge in [0.05, 0.1) is 18.4 Å². The standard InChI is InChI=1S/C20H29N3O2/c1-3-19-21-15(2)17(22-19)12-23-10-9-18(25)20(13-23,14-24)11-16-7-5-4-6-8-16/h4-8,18,24-25H,3,9-14H2,1-2H3,(H,21,22)/t18-,20+/m1/s1. The first-order valence-electron chi connectivity index (χ1n) is 9.16. The molecule has 5 nitrogen and oxygen atoms in total. The molecule has 5 heteroatoms. The number of hydrogen-bond donors (Lipinski definition) is 3. The summed E-state index contributed by atoms with van der Waals surface area (Å²) >= 11 is 0. The number of aliphatic hydroxyl groups is 2. The van der Waals surface area contributed by atoms with E-state index < -0.39 is 11.5 Å². The van der Waals surface area contributed by atoms with Crippen molar-refractivity contribution in [3.8, 4) is 0 Å². The van der Waals surface area contributed by atoms with Gasteiger partial charge in [0.1, 0.15) is 5.82 Å². The first-order valence-corrected chi connectivity index (χ1v) is 9.16. The lowest BCUT2D eigenvalue weighted by molar-refractivity contribution is -0.0770. The molecule has 2 atom stereocenters. The molecular weight excluding hydrogens is 314 g/mol. The first kappa shape index (κ1) is 18.1. The number of aromatic amines is 1. The van der Waals surface area contributed by atoms with Crippen molar-refractivity contribution in [3.05, 3.63) is 53.1 Å². The van der Waals surface area contributed by atoms with E-state index in [0.29, 0.717) is 19.4 Å². The smallest absolute Gasteiger partial charge is 0.106 e. The molecule has 1 aliphatic rings. The van der Waals surface area contributed by atoms with Crippen molar-refractivity contribution in [2.45, 2.75) is 45.8 Å². The molecule has 0 spiro atoms. The normalized spacial score (nSPS) is 24.6. The van der Waals surface area contributed by atoms with Gasteiger partial charge < -0.3 is 15.2 Å². The minimum Gasteiger partial charge on any atom is -0.396 e. The van der Waals surface area contributed by atoms with E-state index in [1.807, 2.05) is 18.2 Å². The Morgan fingerprint density at radius 2 is 2.08 bits per heavy atom. The Bertz CT molecular complexity index is 686. The fourth-order valence-corrected chi connectivity index (χ4v) is 3.86. The van der Waals surface area contributed by atoms with E-state index in [4.69, 9.17) is 0 Å². The first-order chi connectivity index (χ1) is 12.1. The second kappa shape index (κ2) is 7.68. The number of imidazole rings is 1. The highest BCUT2D eigenvalue weighted by atomic mass is 16.3. The van der Waals surface area contributed by atoms with Crippen LogP contribution in [0.4, 0.5) is 0 Å². The Hall–Kier alpha value is -1.69. The molecular formula is C20H29N3O2. The Morgan fingerprint density at radius 1 is 1.32 bits per heavy atom. The second-order valence-electron chi connectivity index (χ2n) is 7.31. The van der Waals surface area contributed by atoms with E-state index in [-0.39, 0.29) is 6.61 Å². The minimum absolute atomic E-state index is 0.0146. The number of piperidine rings is 1. The second-order valence-corrected chi connectivity index (χ2v) is 7.31. The average molecular weight is 343 g/mol. The maximum absolute atomic E-state index is 10.7. The summed E-state index contributed by atoms with van der Waals surface area (Å²) in [6.07, 6.45) is 1.77. The monoisotopic (exact) mass is 343 g/mol. The summed E-state index contributed by atoms with van der Waals surface area (Å²) in [7, 11) is 0. The quantitative estimate of drug-likeness (QED) is 0.751. The summed E-state index contributed by atoms with van der Waals surface area (Å²) in [6, 6.07) is 10.1. The lowest BCUT2D eigenvalue weighted by Gasteiger charge is -2.45. The average Bonchev–Trinajstić information content (AvgIpc) is 2.98. The van der Waals surface area contributed by atoms with Gasteiger partial charge in [-0.05, 0) is 25.3 Å². The Kier molecular flexibility index (Phi) is 5.57. The summed E-state index contributed by atoms with van der Waals surface area (Å²) in [6.45, 7) is 6.39. The molecule has 1 saturated heterocycles. The van der Waals surface area contributed by atoms with Crippen LogP contribution in [0.3, 0.4) is 0 Å². The molecule has 0 unspecified atom stereocenters. The topological polar surface area (TPSA) is 72.4 Å². The van der Waals surface area contributed by atoms with Gasteiger partial charge in [-0.2, -0.15) is 0 Å². The number of nitrogens with zero attached hydrogens (tertiary/aromatic N) is 2. The number of nitrogens with one attached hydrogen (secondary N) is 1. The van der Waals surface area contributed by atoms with Crippen LogP contribution in [0.2, 0.25) is 0 Å². The van der Waals surface area contributed by atoms with Gasteiger partial charge >= 0.3 is 0 Å². The molecule has 1 aromatic carbocycles. The predicted molar refractivity (Wildman–Crippen MR) is 98.3 cm³/mol. The predicted octanol–water partition coefficient (Wildman–Crippen LogP) is 2.07. The SMILES string of the molecule is CCc1nc(CN2CC[C@@H](O)[C@@](CO)(Cc3ccccc3)C2)c(C)[nH]1. The zero-order chi connectivity index (χ0) is 17.9. The zero-order valence-electron chi connectivity index (χ0n) is 15.2. The van der Waals surface area contributed by atoms with Gasteiger partial charge in [-0.15, -0.1) is 0 Å². The van der Waals surface area contributed by atoms with Crippen molar-refractivity contribution in [1.29, 1.82) is 0 Å². The highest BCUT2D eigenvalue weighted by Crippen LogP contribution is 2.34. The van der Waals surface area contributed by atoms with E-state index >= 15 is 0 Å². The molecule has 0 aliphatic carbocycles. The molecule has 2 heterocycles. The highest BCUT2D eigenvalue weighted by molar-refractivity contribution is 5.18. The van der Waals surface area contributed by atoms with Crippen LogP contribution in [0.1, 0.15) is 36.1 Å². The Morgan fingerprint density at radius 3 is 2.72 bits per heavy atom. The maximum Gasteiger partial charge on any atom is 0.106 e. The molecule has 136 valence electrons. The fourth-order valence-electron chi connectivity index (χ4n) is 3.86. The molecule has 2 aromatic rings. The van der Waals surface area contributed by atoms with Gasteiger partial charge in [0.15, 0.2) is 0 Å². The number of aromatic nitrogens is 2. The lowest BCUT2D eigenvalue weighted by atomic mass is 9.73. The van der Waals surface area contributed by atoms with E-state index in [0.717, 1.165) is 42.3 Å². The Balaban J connectivity index is 1.76. The van der Waals surface area contributed by atoms with E-state index in [1.54, 1.807) is 0 Å². The van der Waals surface area contributed by atoms with Crippen LogP contribution in [-0.4, -0.2) is 50.9 Å². The van der Waals surface area contributed by atoms with Crippen LogP contribution in [0.25, 0.3) is 0 Å². The molecule has 3 N–H and O–H groups in total. The molecule has 0 saturated carbocycles. The van der Waals surface area contributed by atoms with Crippen LogP contribution in [0.5, 0.6) is 0 Å². The summed E-state index contributed by atoms with van der Waals surface area (Å²) in [5, 5.41) is 20.8. The van der Waals surface area contributed by atoms with Crippen LogP contribution in [0.15, 0.2) is 30.3 Å². The Labute approximate surface area is 149 Å². The van der Waals surface area contributed by atoms with Crippen molar-refractivity contribution < 1.29 is 10.2 Å². The van der Waals surface area contributed by atoms with E-state index in [9.17, 15) is 10.2 Å². The number of benzene rings is 1. The van der Waals surface area contributed by atoms with Crippen LogP contribution in [0, 0.1) is 12.3 Å². The number of hydrogen-bond acceptors (Lipinski definition) is 4. The molecule has 1 fully saturated rings. The fraction of sp³-hybridized carbons (Fsp3) is 0.550. The van der Waals surface area contributed by atoms with Gasteiger partial charge in [-0.3, -0.25) is 4.90 Å². The third kappa shape index (κ3) is 3.94. The molecule has 0 radical (unpaired) electrons. The largest absolute Gasteiger partial charge is 0.396 e. The lowest BCUT2D eigenvalue weighted by Crippen LogP contribution is -2.54. The maximum atomic E-state index is 10.7. The summed E-state index contributed by atoms with van der Waals surface area (Å²) in [5.74, 6) is 1.02. The third-order valence-electron chi connectivity index (χ3n) is 5.42. The number of rotatable bonds is 6. The molecule has 0 bridgehead atoms. The number of aryl methyl sites for hydroxylation is 2. The van der Waals surface area contributed by atoms with Gasteiger partial charge in [0.25, 0.3) is 0 Å². The summed E-state index contributed by atoms with van der Waals surface area (Å²) < 4.78 is 0. The third-order valence-corrected chi connectivity index (χ3v) is 5.42. The zero-order valence-corrected chi connectivity index (χ0v) is 15.2. The minimum atomic E-state index is -0.516.